The molecule has 7 heteroatoms. The molecule has 25 heavy (non-hydrogen) atoms. The van der Waals surface area contributed by atoms with Gasteiger partial charge in [-0.15, -0.1) is 0 Å². The van der Waals surface area contributed by atoms with Crippen molar-refractivity contribution in [2.75, 3.05) is 0 Å². The van der Waals surface area contributed by atoms with E-state index in [0.29, 0.717) is 24.1 Å². The molecule has 0 aromatic heterocycles. The van der Waals surface area contributed by atoms with Crippen molar-refractivity contribution in [2.24, 2.45) is 5.10 Å². The van der Waals surface area contributed by atoms with E-state index in [2.05, 4.69) is 21.0 Å². The predicted molar refractivity (Wildman–Crippen MR) is 98.3 cm³/mol. The second kappa shape index (κ2) is 7.14. The third kappa shape index (κ3) is 3.61. The van der Waals surface area contributed by atoms with Crippen LogP contribution in [0.5, 0.6) is 0 Å². The van der Waals surface area contributed by atoms with E-state index in [-0.39, 0.29) is 17.6 Å². The molecular weight excluding hydrogens is 386 g/mol. The van der Waals surface area contributed by atoms with Gasteiger partial charge in [0.2, 0.25) is 5.91 Å². The zero-order valence-corrected chi connectivity index (χ0v) is 15.1. The predicted octanol–water partition coefficient (Wildman–Crippen LogP) is 4.45. The molecule has 1 atom stereocenters. The van der Waals surface area contributed by atoms with Crippen molar-refractivity contribution in [3.63, 3.8) is 0 Å². The topological polar surface area (TPSA) is 75.8 Å². The molecule has 1 heterocycles. The average Bonchev–Trinajstić information content (AvgIpc) is 3.07. The van der Waals surface area contributed by atoms with Gasteiger partial charge in [-0.1, -0.05) is 47.1 Å². The van der Waals surface area contributed by atoms with E-state index in [4.69, 9.17) is 0 Å². The minimum atomic E-state index is -0.430. The molecule has 0 saturated heterocycles. The van der Waals surface area contributed by atoms with Gasteiger partial charge in [0.05, 0.1) is 16.7 Å². The number of hydrazone groups is 1. The van der Waals surface area contributed by atoms with E-state index in [1.54, 1.807) is 19.1 Å². The normalized spacial score (nSPS) is 16.6. The monoisotopic (exact) mass is 401 g/mol. The lowest BCUT2D eigenvalue weighted by molar-refractivity contribution is -0.384. The molecule has 2 aromatic rings. The molecule has 128 valence electrons. The second-order valence-corrected chi connectivity index (χ2v) is 6.63. The van der Waals surface area contributed by atoms with Gasteiger partial charge in [-0.3, -0.25) is 14.9 Å². The van der Waals surface area contributed by atoms with E-state index >= 15 is 0 Å². The molecule has 3 rings (SSSR count). The van der Waals surface area contributed by atoms with Crippen LogP contribution in [-0.2, 0) is 4.79 Å². The van der Waals surface area contributed by atoms with Crippen molar-refractivity contribution >= 4 is 33.2 Å². The summed E-state index contributed by atoms with van der Waals surface area (Å²) in [6, 6.07) is 13.9. The fraction of sp³-hybridized carbons (Fsp3) is 0.222. The molecule has 6 nitrogen and oxygen atoms in total. The highest BCUT2D eigenvalue weighted by Crippen LogP contribution is 2.34. The number of non-ortho nitro benzene ring substituents is 1. The number of amides is 1. The molecule has 0 N–H and O–H groups in total. The van der Waals surface area contributed by atoms with E-state index < -0.39 is 4.92 Å². The number of carbonyl (C=O) groups is 1. The number of hydrogen-bond donors (Lipinski definition) is 0. The van der Waals surface area contributed by atoms with Crippen molar-refractivity contribution < 1.29 is 9.72 Å². The minimum absolute atomic E-state index is 0.0145. The third-order valence-electron chi connectivity index (χ3n) is 4.11. The Kier molecular flexibility index (Phi) is 4.94. The lowest BCUT2D eigenvalue weighted by atomic mass is 9.98. The fourth-order valence-corrected chi connectivity index (χ4v) is 3.08. The van der Waals surface area contributed by atoms with Gasteiger partial charge in [-0.25, -0.2) is 5.01 Å². The first-order chi connectivity index (χ1) is 12.0. The van der Waals surface area contributed by atoms with Crippen molar-refractivity contribution in [2.45, 2.75) is 25.8 Å². The lowest BCUT2D eigenvalue weighted by Gasteiger charge is -2.21. The van der Waals surface area contributed by atoms with Crippen molar-refractivity contribution in [3.8, 4) is 0 Å². The summed E-state index contributed by atoms with van der Waals surface area (Å²) in [6.45, 7) is 1.79. The van der Waals surface area contributed by atoms with Crippen LogP contribution >= 0.6 is 15.9 Å². The molecule has 0 unspecified atom stereocenters. The van der Waals surface area contributed by atoms with Crippen molar-refractivity contribution in [3.05, 3.63) is 74.2 Å². The van der Waals surface area contributed by atoms with E-state index in [0.717, 1.165) is 10.0 Å². The van der Waals surface area contributed by atoms with Crippen LogP contribution in [0.3, 0.4) is 0 Å². The standard InChI is InChI=1S/C18H16BrN3O3/c1-2-18(23)21-17(12-6-8-14(19)9-7-12)11-16(20-21)13-4-3-5-15(10-13)22(24)25/h3-10,17H,2,11H2,1H3/t17-/m1/s1. The highest BCUT2D eigenvalue weighted by atomic mass is 79.9. The quantitative estimate of drug-likeness (QED) is 0.560. The Balaban J connectivity index is 1.96. The Hall–Kier alpha value is -2.54. The van der Waals surface area contributed by atoms with Crippen LogP contribution in [0.1, 0.15) is 36.9 Å². The summed E-state index contributed by atoms with van der Waals surface area (Å²) >= 11 is 3.41. The van der Waals surface area contributed by atoms with Gasteiger partial charge in [0.1, 0.15) is 0 Å². The number of hydrogen-bond acceptors (Lipinski definition) is 4. The molecule has 0 spiro atoms. The van der Waals surface area contributed by atoms with E-state index in [1.165, 1.54) is 17.1 Å². The molecule has 0 bridgehead atoms. The second-order valence-electron chi connectivity index (χ2n) is 5.72. The molecule has 1 aliphatic rings. The summed E-state index contributed by atoms with van der Waals surface area (Å²) in [6.07, 6.45) is 0.868. The summed E-state index contributed by atoms with van der Waals surface area (Å²) in [4.78, 5) is 22.9. The summed E-state index contributed by atoms with van der Waals surface area (Å²) in [5.74, 6) is -0.0756. The highest BCUT2D eigenvalue weighted by Gasteiger charge is 2.32. The van der Waals surface area contributed by atoms with Gasteiger partial charge in [0.25, 0.3) is 5.69 Å². The van der Waals surface area contributed by atoms with Gasteiger partial charge in [0, 0.05) is 35.0 Å². The number of nitro groups is 1. The Morgan fingerprint density at radius 2 is 2.04 bits per heavy atom. The Labute approximate surface area is 153 Å². The lowest BCUT2D eigenvalue weighted by Crippen LogP contribution is -2.26. The van der Waals surface area contributed by atoms with Crippen molar-refractivity contribution in [1.82, 2.24) is 5.01 Å². The highest BCUT2D eigenvalue weighted by molar-refractivity contribution is 9.10. The van der Waals surface area contributed by atoms with Crippen LogP contribution < -0.4 is 0 Å². The van der Waals surface area contributed by atoms with Gasteiger partial charge in [-0.2, -0.15) is 5.10 Å². The number of halogens is 1. The molecule has 2 aromatic carbocycles. The minimum Gasteiger partial charge on any atom is -0.273 e. The van der Waals surface area contributed by atoms with Crippen LogP contribution in [0.2, 0.25) is 0 Å². The summed E-state index contributed by atoms with van der Waals surface area (Å²) in [5.41, 5.74) is 2.34. The zero-order valence-electron chi connectivity index (χ0n) is 13.6. The van der Waals surface area contributed by atoms with Gasteiger partial charge < -0.3 is 0 Å². The number of carbonyl (C=O) groups excluding carboxylic acids is 1. The number of rotatable bonds is 4. The maximum absolute atomic E-state index is 12.3. The number of nitrogens with zero attached hydrogens (tertiary/aromatic N) is 3. The largest absolute Gasteiger partial charge is 0.273 e. The smallest absolute Gasteiger partial charge is 0.270 e. The first-order valence-corrected chi connectivity index (χ1v) is 8.68. The van der Waals surface area contributed by atoms with Crippen LogP contribution in [-0.4, -0.2) is 21.6 Å². The Morgan fingerprint density at radius 1 is 1.32 bits per heavy atom. The van der Waals surface area contributed by atoms with Gasteiger partial charge >= 0.3 is 0 Å². The molecular formula is C18H16BrN3O3. The maximum atomic E-state index is 12.3. The summed E-state index contributed by atoms with van der Waals surface area (Å²) < 4.78 is 0.961. The molecule has 1 amide bonds. The van der Waals surface area contributed by atoms with Gasteiger partial charge in [-0.05, 0) is 17.7 Å². The zero-order chi connectivity index (χ0) is 18.0. The molecule has 0 fully saturated rings. The summed E-state index contributed by atoms with van der Waals surface area (Å²) in [5, 5.41) is 17.0. The molecule has 0 radical (unpaired) electrons. The van der Waals surface area contributed by atoms with Crippen molar-refractivity contribution in [1.29, 1.82) is 0 Å². The van der Waals surface area contributed by atoms with Crippen LogP contribution in [0.15, 0.2) is 58.1 Å². The number of nitro benzene ring substituents is 1. The van der Waals surface area contributed by atoms with Crippen LogP contribution in [0.25, 0.3) is 0 Å². The molecule has 0 aliphatic carbocycles. The molecule has 0 saturated carbocycles. The Bertz CT molecular complexity index is 849. The SMILES string of the molecule is CCC(=O)N1N=C(c2cccc([N+](=O)[O-])c2)C[C@@H]1c1ccc(Br)cc1. The van der Waals surface area contributed by atoms with Crippen LogP contribution in [0, 0.1) is 10.1 Å². The van der Waals surface area contributed by atoms with E-state index in [9.17, 15) is 14.9 Å². The average molecular weight is 402 g/mol. The molecule has 1 aliphatic heterocycles. The fourth-order valence-electron chi connectivity index (χ4n) is 2.82. The number of benzene rings is 2. The first kappa shape index (κ1) is 17.3. The summed E-state index contributed by atoms with van der Waals surface area (Å²) in [7, 11) is 0. The van der Waals surface area contributed by atoms with E-state index in [1.807, 2.05) is 24.3 Å². The van der Waals surface area contributed by atoms with Crippen LogP contribution in [0.4, 0.5) is 5.69 Å². The first-order valence-electron chi connectivity index (χ1n) is 7.89. The third-order valence-corrected chi connectivity index (χ3v) is 4.64. The Morgan fingerprint density at radius 3 is 2.68 bits per heavy atom. The maximum Gasteiger partial charge on any atom is 0.270 e. The van der Waals surface area contributed by atoms with Gasteiger partial charge in [0.15, 0.2) is 0 Å².